The summed E-state index contributed by atoms with van der Waals surface area (Å²) in [7, 11) is 0. The van der Waals surface area contributed by atoms with E-state index in [0.29, 0.717) is 5.92 Å². The first-order chi connectivity index (χ1) is 12.9. The fourth-order valence-corrected chi connectivity index (χ4v) is 2.76. The number of aromatic nitrogens is 2. The lowest BCUT2D eigenvalue weighted by Gasteiger charge is -2.14. The number of hydrogen-bond acceptors (Lipinski definition) is 4. The van der Waals surface area contributed by atoms with Gasteiger partial charge in [-0.2, -0.15) is 5.10 Å². The molecule has 1 aromatic heterocycles. The number of amides is 1. The predicted octanol–water partition coefficient (Wildman–Crippen LogP) is 3.29. The van der Waals surface area contributed by atoms with E-state index in [-0.39, 0.29) is 25.0 Å². The summed E-state index contributed by atoms with van der Waals surface area (Å²) in [6, 6.07) is 9.73. The van der Waals surface area contributed by atoms with Gasteiger partial charge in [0.15, 0.2) is 6.61 Å². The molecule has 0 bridgehead atoms. The van der Waals surface area contributed by atoms with Crippen LogP contribution >= 0.6 is 0 Å². The third-order valence-electron chi connectivity index (χ3n) is 4.20. The Morgan fingerprint density at radius 2 is 1.89 bits per heavy atom. The molecular formula is C21H29N3O3. The lowest BCUT2D eigenvalue weighted by atomic mass is 10.0. The molecule has 0 saturated carbocycles. The predicted molar refractivity (Wildman–Crippen MR) is 105 cm³/mol. The van der Waals surface area contributed by atoms with Crippen LogP contribution < -0.4 is 5.32 Å². The van der Waals surface area contributed by atoms with Crippen molar-refractivity contribution in [2.75, 3.05) is 6.61 Å². The number of nitrogens with one attached hydrogen (secondary N) is 1. The van der Waals surface area contributed by atoms with Crippen LogP contribution in [0.5, 0.6) is 0 Å². The van der Waals surface area contributed by atoms with Crippen LogP contribution in [0.25, 0.3) is 5.69 Å². The molecule has 0 radical (unpaired) electrons. The number of esters is 1. The van der Waals surface area contributed by atoms with Crippen molar-refractivity contribution in [3.63, 3.8) is 0 Å². The van der Waals surface area contributed by atoms with Crippen LogP contribution in [0.15, 0.2) is 42.7 Å². The summed E-state index contributed by atoms with van der Waals surface area (Å²) in [6.45, 7) is 6.09. The minimum absolute atomic E-state index is 0.0825. The number of nitrogens with zero attached hydrogens (tertiary/aromatic N) is 2. The van der Waals surface area contributed by atoms with Crippen molar-refractivity contribution < 1.29 is 14.3 Å². The van der Waals surface area contributed by atoms with Crippen LogP contribution in [0.3, 0.4) is 0 Å². The second kappa shape index (κ2) is 10.5. The third-order valence-corrected chi connectivity index (χ3v) is 4.20. The largest absolute Gasteiger partial charge is 0.455 e. The number of rotatable bonds is 10. The van der Waals surface area contributed by atoms with Gasteiger partial charge in [0.2, 0.25) is 0 Å². The van der Waals surface area contributed by atoms with Gasteiger partial charge in [0, 0.05) is 17.8 Å². The Kier molecular flexibility index (Phi) is 8.04. The SMILES string of the molecule is CC(C)CCCC(C)NC(=O)COC(=O)Cc1cnn(-c2ccccc2)c1. The highest BCUT2D eigenvalue weighted by atomic mass is 16.5. The van der Waals surface area contributed by atoms with Crippen LogP contribution in [0.1, 0.15) is 45.6 Å². The summed E-state index contributed by atoms with van der Waals surface area (Å²) >= 11 is 0. The van der Waals surface area contributed by atoms with Crippen LogP contribution in [0.4, 0.5) is 0 Å². The quantitative estimate of drug-likeness (QED) is 0.651. The molecule has 1 unspecified atom stereocenters. The summed E-state index contributed by atoms with van der Waals surface area (Å²) in [5.74, 6) is -0.0364. The van der Waals surface area contributed by atoms with Crippen LogP contribution in [-0.4, -0.2) is 34.3 Å². The van der Waals surface area contributed by atoms with Crippen molar-refractivity contribution in [1.82, 2.24) is 15.1 Å². The van der Waals surface area contributed by atoms with E-state index in [2.05, 4.69) is 24.3 Å². The first-order valence-corrected chi connectivity index (χ1v) is 9.48. The molecule has 0 aliphatic heterocycles. The van der Waals surface area contributed by atoms with E-state index >= 15 is 0 Å². The molecule has 1 heterocycles. The molecule has 0 saturated heterocycles. The van der Waals surface area contributed by atoms with Crippen molar-refractivity contribution >= 4 is 11.9 Å². The molecular weight excluding hydrogens is 342 g/mol. The fraction of sp³-hybridized carbons (Fsp3) is 0.476. The van der Waals surface area contributed by atoms with Crippen molar-refractivity contribution in [3.8, 4) is 5.69 Å². The smallest absolute Gasteiger partial charge is 0.310 e. The van der Waals surface area contributed by atoms with Gasteiger partial charge >= 0.3 is 5.97 Å². The van der Waals surface area contributed by atoms with Gasteiger partial charge in [-0.1, -0.05) is 44.9 Å². The number of carbonyl (C=O) groups is 2. The summed E-state index contributed by atoms with van der Waals surface area (Å²) in [5, 5.41) is 7.11. The molecule has 2 aromatic rings. The summed E-state index contributed by atoms with van der Waals surface area (Å²) < 4.78 is 6.78. The molecule has 27 heavy (non-hydrogen) atoms. The highest BCUT2D eigenvalue weighted by Gasteiger charge is 2.12. The van der Waals surface area contributed by atoms with Gasteiger partial charge in [-0.05, 0) is 31.4 Å². The number of para-hydroxylation sites is 1. The lowest BCUT2D eigenvalue weighted by molar-refractivity contribution is -0.148. The molecule has 0 spiro atoms. The van der Waals surface area contributed by atoms with Gasteiger partial charge in [-0.25, -0.2) is 4.68 Å². The molecule has 0 fully saturated rings. The van der Waals surface area contributed by atoms with E-state index in [0.717, 1.165) is 30.5 Å². The maximum atomic E-state index is 12.0. The Labute approximate surface area is 160 Å². The number of benzene rings is 1. The van der Waals surface area contributed by atoms with E-state index in [1.54, 1.807) is 17.1 Å². The Morgan fingerprint density at radius 1 is 1.15 bits per heavy atom. The Morgan fingerprint density at radius 3 is 2.59 bits per heavy atom. The second-order valence-corrected chi connectivity index (χ2v) is 7.26. The maximum Gasteiger partial charge on any atom is 0.310 e. The van der Waals surface area contributed by atoms with E-state index in [1.165, 1.54) is 0 Å². The summed E-state index contributed by atoms with van der Waals surface area (Å²) in [6.07, 6.45) is 6.65. The zero-order chi connectivity index (χ0) is 19.6. The van der Waals surface area contributed by atoms with Gasteiger partial charge in [-0.15, -0.1) is 0 Å². The van der Waals surface area contributed by atoms with E-state index in [9.17, 15) is 9.59 Å². The third kappa shape index (κ3) is 7.64. The van der Waals surface area contributed by atoms with E-state index in [1.807, 2.05) is 37.3 Å². The average Bonchev–Trinajstić information content (AvgIpc) is 3.09. The lowest BCUT2D eigenvalue weighted by Crippen LogP contribution is -2.36. The first kappa shape index (κ1) is 20.7. The molecule has 2 rings (SSSR count). The Bertz CT molecular complexity index is 725. The Hall–Kier alpha value is -2.63. The first-order valence-electron chi connectivity index (χ1n) is 9.48. The molecule has 1 amide bonds. The molecule has 1 N–H and O–H groups in total. The minimum Gasteiger partial charge on any atom is -0.455 e. The standard InChI is InChI=1S/C21H29N3O3/c1-16(2)8-7-9-17(3)23-20(25)15-27-21(26)12-18-13-22-24(14-18)19-10-5-4-6-11-19/h4-6,10-11,13-14,16-17H,7-9,12,15H2,1-3H3,(H,23,25). The van der Waals surface area contributed by atoms with Crippen LogP contribution in [0, 0.1) is 5.92 Å². The zero-order valence-corrected chi connectivity index (χ0v) is 16.4. The van der Waals surface area contributed by atoms with Gasteiger partial charge in [0.25, 0.3) is 5.91 Å². The van der Waals surface area contributed by atoms with Crippen LogP contribution in [-0.2, 0) is 20.7 Å². The molecule has 6 nitrogen and oxygen atoms in total. The topological polar surface area (TPSA) is 73.2 Å². The molecule has 146 valence electrons. The number of carbonyl (C=O) groups excluding carboxylic acids is 2. The molecule has 0 aliphatic carbocycles. The molecule has 1 atom stereocenters. The normalized spacial score (nSPS) is 12.0. The van der Waals surface area contributed by atoms with Gasteiger partial charge in [0.1, 0.15) is 0 Å². The van der Waals surface area contributed by atoms with Crippen LogP contribution in [0.2, 0.25) is 0 Å². The van der Waals surface area contributed by atoms with Crippen molar-refractivity contribution in [2.24, 2.45) is 5.92 Å². The highest BCUT2D eigenvalue weighted by molar-refractivity contribution is 5.81. The number of hydrogen-bond donors (Lipinski definition) is 1. The second-order valence-electron chi connectivity index (χ2n) is 7.26. The molecule has 6 heteroatoms. The fourth-order valence-electron chi connectivity index (χ4n) is 2.76. The molecule has 0 aliphatic rings. The maximum absolute atomic E-state index is 12.0. The van der Waals surface area contributed by atoms with Crippen molar-refractivity contribution in [1.29, 1.82) is 0 Å². The van der Waals surface area contributed by atoms with Crippen molar-refractivity contribution in [3.05, 3.63) is 48.3 Å². The minimum atomic E-state index is -0.440. The molecule has 1 aromatic carbocycles. The zero-order valence-electron chi connectivity index (χ0n) is 16.4. The highest BCUT2D eigenvalue weighted by Crippen LogP contribution is 2.09. The van der Waals surface area contributed by atoms with E-state index < -0.39 is 5.97 Å². The van der Waals surface area contributed by atoms with E-state index in [4.69, 9.17) is 4.74 Å². The van der Waals surface area contributed by atoms with Gasteiger partial charge in [-0.3, -0.25) is 9.59 Å². The van der Waals surface area contributed by atoms with Gasteiger partial charge in [0.05, 0.1) is 18.3 Å². The Balaban J connectivity index is 1.70. The van der Waals surface area contributed by atoms with Crippen molar-refractivity contribution in [2.45, 2.75) is 52.5 Å². The average molecular weight is 371 g/mol. The summed E-state index contributed by atoms with van der Waals surface area (Å²) in [5.41, 5.74) is 1.66. The number of ether oxygens (including phenoxy) is 1. The summed E-state index contributed by atoms with van der Waals surface area (Å²) in [4.78, 5) is 23.8. The monoisotopic (exact) mass is 371 g/mol. The van der Waals surface area contributed by atoms with Gasteiger partial charge < -0.3 is 10.1 Å².